The van der Waals surface area contributed by atoms with E-state index in [-0.39, 0.29) is 0 Å². The predicted octanol–water partition coefficient (Wildman–Crippen LogP) is 4.14. The molecule has 2 heteroatoms. The molecule has 0 saturated heterocycles. The van der Waals surface area contributed by atoms with Gasteiger partial charge in [0.25, 0.3) is 0 Å². The van der Waals surface area contributed by atoms with Gasteiger partial charge in [-0.3, -0.25) is 0 Å². The SMILES string of the molecule is CCC1(CC)C(NC)CC1OC1CCC(C)(C)CC1. The van der Waals surface area contributed by atoms with Crippen molar-refractivity contribution in [3.63, 3.8) is 0 Å². The highest BCUT2D eigenvalue weighted by atomic mass is 16.5. The summed E-state index contributed by atoms with van der Waals surface area (Å²) in [7, 11) is 2.10. The molecule has 0 aromatic carbocycles. The van der Waals surface area contributed by atoms with E-state index in [1.807, 2.05) is 0 Å². The zero-order valence-electron chi connectivity index (χ0n) is 13.6. The highest BCUT2D eigenvalue weighted by molar-refractivity contribution is 5.06. The number of hydrogen-bond acceptors (Lipinski definition) is 2. The van der Waals surface area contributed by atoms with Crippen LogP contribution in [0.2, 0.25) is 0 Å². The molecule has 0 aliphatic heterocycles. The molecule has 0 amide bonds. The fourth-order valence-corrected chi connectivity index (χ4v) is 4.28. The van der Waals surface area contributed by atoms with Crippen molar-refractivity contribution in [2.24, 2.45) is 10.8 Å². The van der Waals surface area contributed by atoms with E-state index in [0.29, 0.717) is 29.1 Å². The van der Waals surface area contributed by atoms with E-state index in [1.165, 1.54) is 44.9 Å². The molecule has 0 bridgehead atoms. The molecule has 2 aliphatic carbocycles. The summed E-state index contributed by atoms with van der Waals surface area (Å²) in [5.74, 6) is 0. The van der Waals surface area contributed by atoms with Crippen LogP contribution in [0.1, 0.15) is 72.6 Å². The molecule has 2 rings (SSSR count). The second-order valence-electron chi connectivity index (χ2n) is 7.51. The molecule has 2 saturated carbocycles. The molecular weight excluding hydrogens is 234 g/mol. The smallest absolute Gasteiger partial charge is 0.0664 e. The van der Waals surface area contributed by atoms with Crippen LogP contribution in [0.4, 0.5) is 0 Å². The van der Waals surface area contributed by atoms with Gasteiger partial charge < -0.3 is 10.1 Å². The van der Waals surface area contributed by atoms with E-state index < -0.39 is 0 Å². The second-order valence-corrected chi connectivity index (χ2v) is 7.51. The van der Waals surface area contributed by atoms with E-state index >= 15 is 0 Å². The molecule has 2 atom stereocenters. The molecule has 2 nitrogen and oxygen atoms in total. The molecule has 2 unspecified atom stereocenters. The molecule has 19 heavy (non-hydrogen) atoms. The first-order valence-corrected chi connectivity index (χ1v) is 8.30. The Morgan fingerprint density at radius 3 is 2.16 bits per heavy atom. The van der Waals surface area contributed by atoms with Crippen molar-refractivity contribution in [1.82, 2.24) is 5.32 Å². The van der Waals surface area contributed by atoms with Gasteiger partial charge in [0.15, 0.2) is 0 Å². The molecule has 0 aromatic heterocycles. The van der Waals surface area contributed by atoms with Gasteiger partial charge in [0.05, 0.1) is 12.2 Å². The van der Waals surface area contributed by atoms with Crippen LogP contribution >= 0.6 is 0 Å². The molecule has 0 heterocycles. The Morgan fingerprint density at radius 1 is 1.11 bits per heavy atom. The topological polar surface area (TPSA) is 21.3 Å². The lowest BCUT2D eigenvalue weighted by atomic mass is 9.58. The monoisotopic (exact) mass is 267 g/mol. The van der Waals surface area contributed by atoms with E-state index in [4.69, 9.17) is 4.74 Å². The molecule has 112 valence electrons. The van der Waals surface area contributed by atoms with Gasteiger partial charge in [0, 0.05) is 11.5 Å². The largest absolute Gasteiger partial charge is 0.374 e. The normalized spacial score (nSPS) is 33.9. The molecule has 2 fully saturated rings. The number of rotatable bonds is 5. The quantitative estimate of drug-likeness (QED) is 0.808. The van der Waals surface area contributed by atoms with E-state index in [0.717, 1.165) is 0 Å². The molecule has 0 radical (unpaired) electrons. The summed E-state index contributed by atoms with van der Waals surface area (Å²) in [6, 6.07) is 0.660. The maximum Gasteiger partial charge on any atom is 0.0664 e. The standard InChI is InChI=1S/C17H33NO/c1-6-17(7-2)14(18-5)12-15(17)19-13-8-10-16(3,4)11-9-13/h13-15,18H,6-12H2,1-5H3. The maximum atomic E-state index is 6.51. The average molecular weight is 267 g/mol. The first-order valence-electron chi connectivity index (χ1n) is 8.30. The number of nitrogens with one attached hydrogen (secondary N) is 1. The van der Waals surface area contributed by atoms with Crippen molar-refractivity contribution in [2.75, 3.05) is 7.05 Å². The van der Waals surface area contributed by atoms with Crippen molar-refractivity contribution in [3.05, 3.63) is 0 Å². The highest BCUT2D eigenvalue weighted by Crippen LogP contribution is 2.50. The number of ether oxygens (including phenoxy) is 1. The first-order chi connectivity index (χ1) is 8.97. The highest BCUT2D eigenvalue weighted by Gasteiger charge is 2.53. The lowest BCUT2D eigenvalue weighted by Crippen LogP contribution is -2.63. The molecule has 0 aromatic rings. The van der Waals surface area contributed by atoms with Crippen LogP contribution in [-0.4, -0.2) is 25.3 Å². The van der Waals surface area contributed by atoms with Crippen LogP contribution in [0.25, 0.3) is 0 Å². The zero-order valence-corrected chi connectivity index (χ0v) is 13.6. The second kappa shape index (κ2) is 5.73. The van der Waals surface area contributed by atoms with E-state index in [9.17, 15) is 0 Å². The lowest BCUT2D eigenvalue weighted by Gasteiger charge is -2.56. The van der Waals surface area contributed by atoms with Crippen molar-refractivity contribution in [2.45, 2.75) is 90.9 Å². The van der Waals surface area contributed by atoms with E-state index in [1.54, 1.807) is 0 Å². The van der Waals surface area contributed by atoms with Gasteiger partial charge in [-0.25, -0.2) is 0 Å². The summed E-state index contributed by atoms with van der Waals surface area (Å²) in [6.45, 7) is 9.44. The third-order valence-electron chi connectivity index (χ3n) is 6.09. The average Bonchev–Trinajstić information content (AvgIpc) is 2.37. The summed E-state index contributed by atoms with van der Waals surface area (Å²) in [5.41, 5.74) is 0.932. The van der Waals surface area contributed by atoms with Gasteiger partial charge >= 0.3 is 0 Å². The Hall–Kier alpha value is -0.0800. The minimum Gasteiger partial charge on any atom is -0.374 e. The van der Waals surface area contributed by atoms with Crippen LogP contribution in [0.3, 0.4) is 0 Å². The Kier molecular flexibility index (Phi) is 4.62. The summed E-state index contributed by atoms with van der Waals surface area (Å²) in [4.78, 5) is 0. The third-order valence-corrected chi connectivity index (χ3v) is 6.09. The minimum absolute atomic E-state index is 0.391. The summed E-state index contributed by atoms with van der Waals surface area (Å²) < 4.78 is 6.51. The van der Waals surface area contributed by atoms with Gasteiger partial charge in [0.2, 0.25) is 0 Å². The van der Waals surface area contributed by atoms with Crippen LogP contribution in [0, 0.1) is 10.8 Å². The Morgan fingerprint density at radius 2 is 1.68 bits per heavy atom. The van der Waals surface area contributed by atoms with Gasteiger partial charge in [-0.05, 0) is 57.4 Å². The van der Waals surface area contributed by atoms with Crippen LogP contribution < -0.4 is 5.32 Å². The van der Waals surface area contributed by atoms with Gasteiger partial charge in [-0.1, -0.05) is 27.7 Å². The van der Waals surface area contributed by atoms with Crippen molar-refractivity contribution < 1.29 is 4.74 Å². The van der Waals surface area contributed by atoms with Crippen LogP contribution in [0.5, 0.6) is 0 Å². The molecule has 1 N–H and O–H groups in total. The van der Waals surface area contributed by atoms with Crippen LogP contribution in [-0.2, 0) is 4.74 Å². The third kappa shape index (κ3) is 2.85. The van der Waals surface area contributed by atoms with Crippen LogP contribution in [0.15, 0.2) is 0 Å². The first kappa shape index (κ1) is 15.3. The Labute approximate surface area is 119 Å². The molecular formula is C17H33NO. The predicted molar refractivity (Wildman–Crippen MR) is 81.4 cm³/mol. The van der Waals surface area contributed by atoms with Gasteiger partial charge in [-0.15, -0.1) is 0 Å². The van der Waals surface area contributed by atoms with Gasteiger partial charge in [0.1, 0.15) is 0 Å². The lowest BCUT2D eigenvalue weighted by molar-refractivity contribution is -0.174. The molecule has 2 aliphatic rings. The minimum atomic E-state index is 0.391. The zero-order chi connectivity index (χ0) is 14.1. The summed E-state index contributed by atoms with van der Waals surface area (Å²) in [6.07, 6.45) is 9.86. The van der Waals surface area contributed by atoms with Gasteiger partial charge in [-0.2, -0.15) is 0 Å². The summed E-state index contributed by atoms with van der Waals surface area (Å²) in [5, 5.41) is 3.49. The maximum absolute atomic E-state index is 6.51. The Bertz CT molecular complexity index is 286. The fraction of sp³-hybridized carbons (Fsp3) is 1.00. The van der Waals surface area contributed by atoms with E-state index in [2.05, 4.69) is 40.1 Å². The molecule has 0 spiro atoms. The van der Waals surface area contributed by atoms with Crippen molar-refractivity contribution in [1.29, 1.82) is 0 Å². The fourth-order valence-electron chi connectivity index (χ4n) is 4.28. The number of hydrogen-bond donors (Lipinski definition) is 1. The van der Waals surface area contributed by atoms with Crippen molar-refractivity contribution >= 4 is 0 Å². The Balaban J connectivity index is 1.90. The van der Waals surface area contributed by atoms with Crippen molar-refractivity contribution in [3.8, 4) is 0 Å². The summed E-state index contributed by atoms with van der Waals surface area (Å²) >= 11 is 0.